The second kappa shape index (κ2) is 9.28. The molecule has 0 aromatic heterocycles. The van der Waals surface area contributed by atoms with E-state index in [1.807, 2.05) is 12.1 Å². The average molecular weight is 288 g/mol. The van der Waals surface area contributed by atoms with Gasteiger partial charge in [0.2, 0.25) is 0 Å². The van der Waals surface area contributed by atoms with Crippen LogP contribution in [0, 0.1) is 5.92 Å². The summed E-state index contributed by atoms with van der Waals surface area (Å²) in [6.07, 6.45) is 8.43. The van der Waals surface area contributed by atoms with Gasteiger partial charge in [-0.15, -0.1) is 0 Å². The fourth-order valence-electron chi connectivity index (χ4n) is 2.33. The highest BCUT2D eigenvalue weighted by Crippen LogP contribution is 2.32. The summed E-state index contributed by atoms with van der Waals surface area (Å²) < 4.78 is 11.5. The van der Waals surface area contributed by atoms with E-state index in [2.05, 4.69) is 27.0 Å². The molecular formula is C19H28O2. The highest BCUT2D eigenvalue weighted by atomic mass is 16.5. The fraction of sp³-hybridized carbons (Fsp3) is 0.474. The van der Waals surface area contributed by atoms with Crippen molar-refractivity contribution in [3.05, 3.63) is 36.4 Å². The predicted octanol–water partition coefficient (Wildman–Crippen LogP) is 5.58. The molecule has 0 heterocycles. The van der Waals surface area contributed by atoms with E-state index in [-0.39, 0.29) is 0 Å². The Balaban J connectivity index is 2.89. The first-order valence-electron chi connectivity index (χ1n) is 7.79. The van der Waals surface area contributed by atoms with E-state index < -0.39 is 0 Å². The number of unbranched alkanes of at least 4 members (excludes halogenated alkanes) is 1. The van der Waals surface area contributed by atoms with Gasteiger partial charge in [0.1, 0.15) is 11.5 Å². The number of rotatable bonds is 10. The Morgan fingerprint density at radius 2 is 1.86 bits per heavy atom. The lowest BCUT2D eigenvalue weighted by molar-refractivity contribution is 0.232. The van der Waals surface area contributed by atoms with Crippen molar-refractivity contribution in [2.45, 2.75) is 39.5 Å². The van der Waals surface area contributed by atoms with Crippen LogP contribution in [0.2, 0.25) is 0 Å². The highest BCUT2D eigenvalue weighted by Gasteiger charge is 2.12. The lowest BCUT2D eigenvalue weighted by atomic mass is 10.0. The van der Waals surface area contributed by atoms with E-state index in [1.165, 1.54) is 19.3 Å². The summed E-state index contributed by atoms with van der Waals surface area (Å²) in [5.41, 5.74) is 1.91. The van der Waals surface area contributed by atoms with Gasteiger partial charge in [0.15, 0.2) is 0 Å². The van der Waals surface area contributed by atoms with Gasteiger partial charge in [-0.1, -0.05) is 58.4 Å². The molecule has 1 aromatic rings. The summed E-state index contributed by atoms with van der Waals surface area (Å²) in [7, 11) is 1.66. The smallest absolute Gasteiger partial charge is 0.130 e. The summed E-state index contributed by atoms with van der Waals surface area (Å²) in [6.45, 7) is 12.9. The zero-order chi connectivity index (χ0) is 15.7. The Bertz CT molecular complexity index is 463. The lowest BCUT2D eigenvalue weighted by Gasteiger charge is -2.18. The minimum Gasteiger partial charge on any atom is -0.496 e. The van der Waals surface area contributed by atoms with Crippen molar-refractivity contribution >= 4 is 12.2 Å². The standard InChI is InChI=1S/C19H28O2/c1-6-10-11-15(7-2)14-21-19-13-16(8-3)12-18(20-5)17(19)9-4/h8-9,12-13,15H,3-4,6-7,10-11,14H2,1-2,5H3. The third-order valence-electron chi connectivity index (χ3n) is 3.80. The third-order valence-corrected chi connectivity index (χ3v) is 3.80. The summed E-state index contributed by atoms with van der Waals surface area (Å²) in [5, 5.41) is 0. The zero-order valence-corrected chi connectivity index (χ0v) is 13.7. The minimum atomic E-state index is 0.598. The van der Waals surface area contributed by atoms with Crippen LogP contribution in [-0.2, 0) is 0 Å². The monoisotopic (exact) mass is 288 g/mol. The van der Waals surface area contributed by atoms with E-state index >= 15 is 0 Å². The molecule has 2 heteroatoms. The fourth-order valence-corrected chi connectivity index (χ4v) is 2.33. The van der Waals surface area contributed by atoms with Gasteiger partial charge in [-0.25, -0.2) is 0 Å². The second-order valence-corrected chi connectivity index (χ2v) is 5.27. The molecule has 0 aliphatic carbocycles. The first kappa shape index (κ1) is 17.4. The van der Waals surface area contributed by atoms with Crippen molar-refractivity contribution in [2.24, 2.45) is 5.92 Å². The van der Waals surface area contributed by atoms with Crippen LogP contribution in [0.1, 0.15) is 50.7 Å². The highest BCUT2D eigenvalue weighted by molar-refractivity contribution is 5.67. The van der Waals surface area contributed by atoms with Crippen molar-refractivity contribution in [2.75, 3.05) is 13.7 Å². The Morgan fingerprint density at radius 3 is 2.38 bits per heavy atom. The van der Waals surface area contributed by atoms with E-state index in [0.29, 0.717) is 5.92 Å². The van der Waals surface area contributed by atoms with Crippen LogP contribution in [0.5, 0.6) is 11.5 Å². The van der Waals surface area contributed by atoms with Gasteiger partial charge in [-0.2, -0.15) is 0 Å². The topological polar surface area (TPSA) is 18.5 Å². The Kier molecular flexibility index (Phi) is 7.66. The van der Waals surface area contributed by atoms with Crippen LogP contribution in [0.4, 0.5) is 0 Å². The van der Waals surface area contributed by atoms with Gasteiger partial charge in [0, 0.05) is 0 Å². The van der Waals surface area contributed by atoms with Gasteiger partial charge < -0.3 is 9.47 Å². The molecule has 116 valence electrons. The molecule has 0 fully saturated rings. The summed E-state index contributed by atoms with van der Waals surface area (Å²) in [5.74, 6) is 2.20. The van der Waals surface area contributed by atoms with Gasteiger partial charge in [-0.3, -0.25) is 0 Å². The number of benzene rings is 1. The minimum absolute atomic E-state index is 0.598. The largest absolute Gasteiger partial charge is 0.496 e. The molecule has 0 N–H and O–H groups in total. The second-order valence-electron chi connectivity index (χ2n) is 5.27. The van der Waals surface area contributed by atoms with E-state index in [9.17, 15) is 0 Å². The van der Waals surface area contributed by atoms with Crippen molar-refractivity contribution in [1.29, 1.82) is 0 Å². The van der Waals surface area contributed by atoms with Crippen molar-refractivity contribution < 1.29 is 9.47 Å². The molecule has 0 saturated heterocycles. The van der Waals surface area contributed by atoms with Crippen LogP contribution >= 0.6 is 0 Å². The molecule has 1 rings (SSSR count). The maximum Gasteiger partial charge on any atom is 0.130 e. The molecule has 2 nitrogen and oxygen atoms in total. The van der Waals surface area contributed by atoms with Crippen LogP contribution in [-0.4, -0.2) is 13.7 Å². The predicted molar refractivity (Wildman–Crippen MR) is 92.0 cm³/mol. The molecule has 0 spiro atoms. The zero-order valence-electron chi connectivity index (χ0n) is 13.7. The lowest BCUT2D eigenvalue weighted by Crippen LogP contribution is -2.12. The number of methoxy groups -OCH3 is 1. The molecule has 1 aromatic carbocycles. The third kappa shape index (κ3) is 4.96. The van der Waals surface area contributed by atoms with Gasteiger partial charge >= 0.3 is 0 Å². The van der Waals surface area contributed by atoms with Crippen molar-refractivity contribution in [3.63, 3.8) is 0 Å². The maximum atomic E-state index is 6.06. The quantitative estimate of drug-likeness (QED) is 0.560. The average Bonchev–Trinajstić information content (AvgIpc) is 2.53. The molecule has 0 aliphatic rings. The van der Waals surface area contributed by atoms with Gasteiger partial charge in [-0.05, 0) is 30.0 Å². The van der Waals surface area contributed by atoms with Crippen LogP contribution in [0.25, 0.3) is 12.2 Å². The first-order chi connectivity index (χ1) is 10.2. The van der Waals surface area contributed by atoms with E-state index in [0.717, 1.165) is 35.7 Å². The number of hydrogen-bond acceptors (Lipinski definition) is 2. The molecular weight excluding hydrogens is 260 g/mol. The van der Waals surface area contributed by atoms with Crippen molar-refractivity contribution in [3.8, 4) is 11.5 Å². The molecule has 0 aliphatic heterocycles. The van der Waals surface area contributed by atoms with Crippen molar-refractivity contribution in [1.82, 2.24) is 0 Å². The normalized spacial score (nSPS) is 11.8. The number of hydrogen-bond donors (Lipinski definition) is 0. The van der Waals surface area contributed by atoms with Crippen LogP contribution < -0.4 is 9.47 Å². The molecule has 0 radical (unpaired) electrons. The molecule has 1 unspecified atom stereocenters. The SMILES string of the molecule is C=Cc1cc(OC)c(C=C)c(OCC(CC)CCCC)c1. The molecule has 0 amide bonds. The van der Waals surface area contributed by atoms with Crippen LogP contribution in [0.15, 0.2) is 25.3 Å². The molecule has 1 atom stereocenters. The molecule has 0 saturated carbocycles. The summed E-state index contributed by atoms with van der Waals surface area (Å²) in [6, 6.07) is 3.95. The maximum absolute atomic E-state index is 6.06. The Morgan fingerprint density at radius 1 is 1.14 bits per heavy atom. The van der Waals surface area contributed by atoms with E-state index in [1.54, 1.807) is 19.3 Å². The van der Waals surface area contributed by atoms with Gasteiger partial charge in [0.05, 0.1) is 19.3 Å². The van der Waals surface area contributed by atoms with E-state index in [4.69, 9.17) is 9.47 Å². The van der Waals surface area contributed by atoms with Gasteiger partial charge in [0.25, 0.3) is 0 Å². The first-order valence-corrected chi connectivity index (χ1v) is 7.79. The van der Waals surface area contributed by atoms with Crippen LogP contribution in [0.3, 0.4) is 0 Å². The molecule has 21 heavy (non-hydrogen) atoms. The summed E-state index contributed by atoms with van der Waals surface area (Å²) >= 11 is 0. The Labute approximate surface area is 129 Å². The summed E-state index contributed by atoms with van der Waals surface area (Å²) in [4.78, 5) is 0. The number of ether oxygens (including phenoxy) is 2. The molecule has 0 bridgehead atoms. The Hall–Kier alpha value is -1.70.